The second kappa shape index (κ2) is 4.90. The van der Waals surface area contributed by atoms with Gasteiger partial charge in [-0.3, -0.25) is 0 Å². The number of carboxylic acid groups (broad SMARTS) is 1. The van der Waals surface area contributed by atoms with E-state index in [1.165, 1.54) is 13.2 Å². The molecule has 0 bridgehead atoms. The summed E-state index contributed by atoms with van der Waals surface area (Å²) in [6.45, 7) is 3.58. The molecule has 16 heavy (non-hydrogen) atoms. The second-order valence-corrected chi connectivity index (χ2v) is 3.54. The molecule has 0 aromatic heterocycles. The Labute approximate surface area is 98.3 Å². The van der Waals surface area contributed by atoms with E-state index in [0.29, 0.717) is 17.7 Å². The maximum absolute atomic E-state index is 11.0. The Balaban J connectivity index is 3.54. The standard InChI is InChI=1S/C11H12ClNO3/c1-3-4-6-9(13)8(12)5-7(11(14)15)10(6)16-2/h3,5H,1,4,13H2,2H3,(H,14,15). The minimum Gasteiger partial charge on any atom is -0.495 e. The summed E-state index contributed by atoms with van der Waals surface area (Å²) in [6, 6.07) is 1.28. The number of hydrogen-bond acceptors (Lipinski definition) is 3. The molecule has 0 radical (unpaired) electrons. The van der Waals surface area contributed by atoms with E-state index in [2.05, 4.69) is 6.58 Å². The van der Waals surface area contributed by atoms with Gasteiger partial charge in [-0.25, -0.2) is 4.79 Å². The number of allylic oxidation sites excluding steroid dienone is 1. The molecule has 0 saturated carbocycles. The van der Waals surface area contributed by atoms with Crippen molar-refractivity contribution in [2.45, 2.75) is 6.42 Å². The van der Waals surface area contributed by atoms with Gasteiger partial charge in [-0.2, -0.15) is 0 Å². The second-order valence-electron chi connectivity index (χ2n) is 3.13. The Morgan fingerprint density at radius 3 is 2.81 bits per heavy atom. The van der Waals surface area contributed by atoms with Crippen molar-refractivity contribution in [3.05, 3.63) is 34.9 Å². The first-order valence-electron chi connectivity index (χ1n) is 4.52. The number of nitrogen functional groups attached to an aromatic ring is 1. The van der Waals surface area contributed by atoms with Crippen LogP contribution < -0.4 is 10.5 Å². The van der Waals surface area contributed by atoms with Crippen molar-refractivity contribution in [1.82, 2.24) is 0 Å². The average molecular weight is 242 g/mol. The summed E-state index contributed by atoms with van der Waals surface area (Å²) in [7, 11) is 1.39. The van der Waals surface area contributed by atoms with Crippen molar-refractivity contribution in [1.29, 1.82) is 0 Å². The van der Waals surface area contributed by atoms with Gasteiger partial charge in [-0.1, -0.05) is 17.7 Å². The molecule has 4 nitrogen and oxygen atoms in total. The van der Waals surface area contributed by atoms with Crippen molar-refractivity contribution in [3.63, 3.8) is 0 Å². The van der Waals surface area contributed by atoms with Gasteiger partial charge >= 0.3 is 5.97 Å². The number of rotatable bonds is 4. The molecular formula is C11H12ClNO3. The zero-order valence-corrected chi connectivity index (χ0v) is 9.54. The Hall–Kier alpha value is -1.68. The SMILES string of the molecule is C=CCc1c(N)c(Cl)cc(C(=O)O)c1OC. The normalized spacial score (nSPS) is 9.88. The molecule has 0 atom stereocenters. The van der Waals surface area contributed by atoms with Gasteiger partial charge in [0, 0.05) is 5.56 Å². The molecule has 0 fully saturated rings. The summed E-state index contributed by atoms with van der Waals surface area (Å²) in [6.07, 6.45) is 2.01. The fourth-order valence-corrected chi connectivity index (χ4v) is 1.66. The van der Waals surface area contributed by atoms with Crippen LogP contribution in [0, 0.1) is 0 Å². The van der Waals surface area contributed by atoms with Crippen LogP contribution in [0.2, 0.25) is 5.02 Å². The third kappa shape index (κ3) is 2.12. The van der Waals surface area contributed by atoms with Crippen molar-refractivity contribution >= 4 is 23.3 Å². The summed E-state index contributed by atoms with van der Waals surface area (Å²) < 4.78 is 5.06. The Bertz CT molecular complexity index is 443. The number of benzene rings is 1. The number of aromatic carboxylic acids is 1. The highest BCUT2D eigenvalue weighted by Gasteiger charge is 2.19. The number of halogens is 1. The summed E-state index contributed by atoms with van der Waals surface area (Å²) >= 11 is 5.85. The maximum atomic E-state index is 11.0. The lowest BCUT2D eigenvalue weighted by molar-refractivity contribution is 0.0693. The van der Waals surface area contributed by atoms with Crippen molar-refractivity contribution < 1.29 is 14.6 Å². The van der Waals surface area contributed by atoms with E-state index in [1.807, 2.05) is 0 Å². The number of carbonyl (C=O) groups is 1. The van der Waals surface area contributed by atoms with Crippen molar-refractivity contribution in [2.24, 2.45) is 0 Å². The van der Waals surface area contributed by atoms with Gasteiger partial charge in [0.1, 0.15) is 11.3 Å². The van der Waals surface area contributed by atoms with Gasteiger partial charge < -0.3 is 15.6 Å². The monoisotopic (exact) mass is 241 g/mol. The van der Waals surface area contributed by atoms with Crippen LogP contribution >= 0.6 is 11.6 Å². The Kier molecular flexibility index (Phi) is 3.79. The lowest BCUT2D eigenvalue weighted by Crippen LogP contribution is -2.06. The van der Waals surface area contributed by atoms with E-state index >= 15 is 0 Å². The molecule has 0 amide bonds. The molecule has 3 N–H and O–H groups in total. The van der Waals surface area contributed by atoms with Gasteiger partial charge in [0.25, 0.3) is 0 Å². The highest BCUT2D eigenvalue weighted by atomic mass is 35.5. The van der Waals surface area contributed by atoms with Crippen LogP contribution in [0.3, 0.4) is 0 Å². The number of hydrogen-bond donors (Lipinski definition) is 2. The summed E-state index contributed by atoms with van der Waals surface area (Å²) in [4.78, 5) is 11.0. The van der Waals surface area contributed by atoms with E-state index in [0.717, 1.165) is 0 Å². The maximum Gasteiger partial charge on any atom is 0.339 e. The van der Waals surface area contributed by atoms with Crippen LogP contribution in [0.15, 0.2) is 18.7 Å². The molecule has 5 heteroatoms. The predicted molar refractivity (Wildman–Crippen MR) is 63.3 cm³/mol. The highest BCUT2D eigenvalue weighted by Crippen LogP contribution is 2.35. The van der Waals surface area contributed by atoms with Gasteiger partial charge in [-0.05, 0) is 12.5 Å². The summed E-state index contributed by atoms with van der Waals surface area (Å²) in [5.74, 6) is -0.877. The summed E-state index contributed by atoms with van der Waals surface area (Å²) in [5, 5.41) is 9.20. The number of ether oxygens (including phenoxy) is 1. The number of methoxy groups -OCH3 is 1. The van der Waals surface area contributed by atoms with Crippen LogP contribution in [0.25, 0.3) is 0 Å². The van der Waals surface area contributed by atoms with Crippen molar-refractivity contribution in [3.8, 4) is 5.75 Å². The topological polar surface area (TPSA) is 72.6 Å². The number of anilines is 1. The molecule has 1 aromatic carbocycles. The van der Waals surface area contributed by atoms with E-state index in [9.17, 15) is 4.79 Å². The first kappa shape index (κ1) is 12.4. The molecule has 0 saturated heterocycles. The van der Waals surface area contributed by atoms with Gasteiger partial charge in [0.05, 0.1) is 17.8 Å². The molecule has 1 rings (SSSR count). The molecule has 0 aliphatic carbocycles. The molecule has 0 unspecified atom stereocenters. The number of carboxylic acids is 1. The van der Waals surface area contributed by atoms with E-state index in [1.54, 1.807) is 6.08 Å². The fraction of sp³-hybridized carbons (Fsp3) is 0.182. The van der Waals surface area contributed by atoms with Crippen LogP contribution in [-0.4, -0.2) is 18.2 Å². The molecule has 0 spiro atoms. The van der Waals surface area contributed by atoms with Crippen molar-refractivity contribution in [2.75, 3.05) is 12.8 Å². The smallest absolute Gasteiger partial charge is 0.339 e. The minimum absolute atomic E-state index is 0.00134. The molecule has 0 aliphatic rings. The Morgan fingerprint density at radius 1 is 1.75 bits per heavy atom. The third-order valence-corrected chi connectivity index (χ3v) is 2.47. The quantitative estimate of drug-likeness (QED) is 0.627. The van der Waals surface area contributed by atoms with Gasteiger partial charge in [0.15, 0.2) is 0 Å². The van der Waals surface area contributed by atoms with Crippen LogP contribution in [0.1, 0.15) is 15.9 Å². The highest BCUT2D eigenvalue weighted by molar-refractivity contribution is 6.33. The molecular weight excluding hydrogens is 230 g/mol. The lowest BCUT2D eigenvalue weighted by Gasteiger charge is -2.14. The van der Waals surface area contributed by atoms with Gasteiger partial charge in [-0.15, -0.1) is 6.58 Å². The zero-order valence-electron chi connectivity index (χ0n) is 8.79. The average Bonchev–Trinajstić information content (AvgIpc) is 2.24. The van der Waals surface area contributed by atoms with E-state index in [4.69, 9.17) is 27.2 Å². The zero-order chi connectivity index (χ0) is 12.3. The van der Waals surface area contributed by atoms with Crippen LogP contribution in [0.4, 0.5) is 5.69 Å². The lowest BCUT2D eigenvalue weighted by atomic mass is 10.0. The van der Waals surface area contributed by atoms with E-state index in [-0.39, 0.29) is 16.3 Å². The largest absolute Gasteiger partial charge is 0.495 e. The first-order valence-corrected chi connectivity index (χ1v) is 4.89. The van der Waals surface area contributed by atoms with Crippen LogP contribution in [-0.2, 0) is 6.42 Å². The van der Waals surface area contributed by atoms with Gasteiger partial charge in [0.2, 0.25) is 0 Å². The third-order valence-electron chi connectivity index (χ3n) is 2.16. The number of nitrogens with two attached hydrogens (primary N) is 1. The first-order chi connectivity index (χ1) is 7.52. The molecule has 1 aromatic rings. The molecule has 0 aliphatic heterocycles. The molecule has 86 valence electrons. The Morgan fingerprint density at radius 2 is 2.38 bits per heavy atom. The predicted octanol–water partition coefficient (Wildman–Crippen LogP) is 2.36. The molecule has 0 heterocycles. The fourth-order valence-electron chi connectivity index (χ4n) is 1.44. The summed E-state index contributed by atoms with van der Waals surface area (Å²) in [5.41, 5.74) is 6.63. The van der Waals surface area contributed by atoms with E-state index < -0.39 is 5.97 Å². The van der Waals surface area contributed by atoms with Crippen LogP contribution in [0.5, 0.6) is 5.75 Å². The minimum atomic E-state index is -1.11.